The Kier molecular flexibility index (Phi) is 4.72. The third-order valence-electron chi connectivity index (χ3n) is 4.80. The minimum atomic E-state index is 0.0275. The molecule has 0 fully saturated rings. The molecule has 0 spiro atoms. The molecule has 1 aromatic heterocycles. The molecule has 0 atom stereocenters. The maximum absolute atomic E-state index is 9.36. The predicted molar refractivity (Wildman–Crippen MR) is 107 cm³/mol. The number of aromatic nitrogens is 1. The Morgan fingerprint density at radius 3 is 2.85 bits per heavy atom. The summed E-state index contributed by atoms with van der Waals surface area (Å²) in [5, 5.41) is 11.2. The van der Waals surface area contributed by atoms with Crippen LogP contribution < -0.4 is 9.47 Å². The first-order valence-corrected chi connectivity index (χ1v) is 9.57. The van der Waals surface area contributed by atoms with Gasteiger partial charge in [-0.2, -0.15) is 5.26 Å². The van der Waals surface area contributed by atoms with Crippen molar-refractivity contribution < 1.29 is 9.47 Å². The monoisotopic (exact) mass is 380 g/mol. The number of hydrogen-bond donors (Lipinski definition) is 0. The zero-order chi connectivity index (χ0) is 19.0. The maximum Gasteiger partial charge on any atom is 0.137 e. The highest BCUT2D eigenvalue weighted by Gasteiger charge is 2.20. The number of nitriles is 1. The molecule has 0 unspecified atom stereocenters. The van der Waals surface area contributed by atoms with Crippen molar-refractivity contribution in [2.45, 2.75) is 45.9 Å². The van der Waals surface area contributed by atoms with Crippen molar-refractivity contribution in [3.05, 3.63) is 58.2 Å². The Hall–Kier alpha value is -2.64. The van der Waals surface area contributed by atoms with E-state index in [1.165, 1.54) is 11.2 Å². The topological polar surface area (TPSA) is 47.2 Å². The number of aryl methyl sites for hydroxylation is 1. The van der Waals surface area contributed by atoms with Crippen LogP contribution in [0, 0.1) is 11.3 Å². The van der Waals surface area contributed by atoms with E-state index >= 15 is 0 Å². The van der Waals surface area contributed by atoms with E-state index in [4.69, 9.17) is 21.1 Å². The lowest BCUT2D eigenvalue weighted by atomic mass is 10.1. The lowest BCUT2D eigenvalue weighted by Gasteiger charge is -2.12. The van der Waals surface area contributed by atoms with Gasteiger partial charge in [-0.3, -0.25) is 0 Å². The molecule has 3 aromatic rings. The fourth-order valence-electron chi connectivity index (χ4n) is 3.62. The van der Waals surface area contributed by atoms with Gasteiger partial charge in [0, 0.05) is 17.6 Å². The molecule has 0 saturated carbocycles. The van der Waals surface area contributed by atoms with Gasteiger partial charge in [0.05, 0.1) is 22.2 Å². The highest BCUT2D eigenvalue weighted by Crippen LogP contribution is 2.37. The smallest absolute Gasteiger partial charge is 0.137 e. The molecule has 0 N–H and O–H groups in total. The lowest BCUT2D eigenvalue weighted by Crippen LogP contribution is -2.07. The zero-order valence-corrected chi connectivity index (χ0v) is 16.2. The zero-order valence-electron chi connectivity index (χ0n) is 15.5. The summed E-state index contributed by atoms with van der Waals surface area (Å²) in [6.45, 7) is 5.29. The Labute approximate surface area is 163 Å². The summed E-state index contributed by atoms with van der Waals surface area (Å²) >= 11 is 6.56. The number of rotatable bonds is 5. The molecule has 0 saturated heterocycles. The Morgan fingerprint density at radius 1 is 1.22 bits per heavy atom. The van der Waals surface area contributed by atoms with E-state index in [0.717, 1.165) is 41.1 Å². The highest BCUT2D eigenvalue weighted by atomic mass is 35.5. The molecule has 0 amide bonds. The summed E-state index contributed by atoms with van der Waals surface area (Å²) < 4.78 is 13.9. The molecule has 1 aliphatic heterocycles. The summed E-state index contributed by atoms with van der Waals surface area (Å²) in [5.41, 5.74) is 3.84. The van der Waals surface area contributed by atoms with E-state index in [-0.39, 0.29) is 6.10 Å². The number of ether oxygens (including phenoxy) is 2. The van der Waals surface area contributed by atoms with E-state index in [0.29, 0.717) is 17.9 Å². The first kappa shape index (κ1) is 17.8. The molecule has 0 aliphatic carbocycles. The van der Waals surface area contributed by atoms with Crippen LogP contribution in [0.2, 0.25) is 5.02 Å². The summed E-state index contributed by atoms with van der Waals surface area (Å²) in [4.78, 5) is 0. The summed E-state index contributed by atoms with van der Waals surface area (Å²) in [6, 6.07) is 13.8. The van der Waals surface area contributed by atoms with Crippen molar-refractivity contribution in [1.29, 1.82) is 5.26 Å². The third-order valence-corrected chi connectivity index (χ3v) is 5.22. The van der Waals surface area contributed by atoms with Crippen molar-refractivity contribution in [2.75, 3.05) is 0 Å². The van der Waals surface area contributed by atoms with Crippen LogP contribution in [0.25, 0.3) is 10.9 Å². The predicted octanol–water partition coefficient (Wildman–Crippen LogP) is 5.48. The number of nitrogens with zero attached hydrogens (tertiary/aromatic N) is 2. The quantitative estimate of drug-likeness (QED) is 0.588. The van der Waals surface area contributed by atoms with Gasteiger partial charge in [0.1, 0.15) is 24.2 Å². The molecule has 4 nitrogen and oxygen atoms in total. The molecule has 138 valence electrons. The van der Waals surface area contributed by atoms with Crippen LogP contribution in [0.3, 0.4) is 0 Å². The normalized spacial score (nSPS) is 13.0. The van der Waals surface area contributed by atoms with Crippen LogP contribution in [0.1, 0.15) is 37.1 Å². The second-order valence-electron chi connectivity index (χ2n) is 7.09. The third kappa shape index (κ3) is 3.36. The number of benzene rings is 2. The average Bonchev–Trinajstić information content (AvgIpc) is 3.24. The number of hydrogen-bond acceptors (Lipinski definition) is 3. The highest BCUT2D eigenvalue weighted by molar-refractivity contribution is 6.36. The molecular formula is C22H21ClN2O2. The summed E-state index contributed by atoms with van der Waals surface area (Å²) in [6.07, 6.45) is 2.21. The van der Waals surface area contributed by atoms with Gasteiger partial charge in [0.15, 0.2) is 0 Å². The molecule has 5 heteroatoms. The second-order valence-corrected chi connectivity index (χ2v) is 7.47. The van der Waals surface area contributed by atoms with Gasteiger partial charge in [0.25, 0.3) is 0 Å². The molecule has 0 radical (unpaired) electrons. The van der Waals surface area contributed by atoms with Crippen LogP contribution in [-0.4, -0.2) is 10.7 Å². The van der Waals surface area contributed by atoms with E-state index in [1.54, 1.807) is 0 Å². The van der Waals surface area contributed by atoms with Crippen molar-refractivity contribution in [1.82, 2.24) is 4.57 Å². The van der Waals surface area contributed by atoms with Crippen LogP contribution in [0.15, 0.2) is 36.4 Å². The van der Waals surface area contributed by atoms with Crippen molar-refractivity contribution in [3.8, 4) is 17.6 Å². The van der Waals surface area contributed by atoms with Crippen LogP contribution in [0.5, 0.6) is 11.5 Å². The van der Waals surface area contributed by atoms with E-state index in [9.17, 15) is 5.26 Å². The van der Waals surface area contributed by atoms with Crippen molar-refractivity contribution in [3.63, 3.8) is 0 Å². The molecular weight excluding hydrogens is 360 g/mol. The molecule has 4 rings (SSSR count). The Morgan fingerprint density at radius 2 is 2.07 bits per heavy atom. The summed E-state index contributed by atoms with van der Waals surface area (Å²) in [7, 11) is 0. The lowest BCUT2D eigenvalue weighted by molar-refractivity contribution is 0.241. The Balaban J connectivity index is 1.54. The minimum absolute atomic E-state index is 0.0275. The fraction of sp³-hybridized carbons (Fsp3) is 0.318. The molecule has 0 bridgehead atoms. The van der Waals surface area contributed by atoms with Gasteiger partial charge in [-0.25, -0.2) is 0 Å². The van der Waals surface area contributed by atoms with E-state index < -0.39 is 0 Å². The number of halogens is 1. The molecule has 27 heavy (non-hydrogen) atoms. The van der Waals surface area contributed by atoms with Crippen molar-refractivity contribution in [2.24, 2.45) is 0 Å². The molecule has 2 aromatic carbocycles. The molecule has 2 heterocycles. The van der Waals surface area contributed by atoms with Gasteiger partial charge in [-0.1, -0.05) is 17.7 Å². The average molecular weight is 381 g/mol. The van der Waals surface area contributed by atoms with E-state index in [2.05, 4.69) is 16.7 Å². The van der Waals surface area contributed by atoms with Gasteiger partial charge in [-0.05, 0) is 62.6 Å². The first-order chi connectivity index (χ1) is 13.1. The maximum atomic E-state index is 9.36. The van der Waals surface area contributed by atoms with Crippen LogP contribution in [0.4, 0.5) is 0 Å². The first-order valence-electron chi connectivity index (χ1n) is 9.20. The minimum Gasteiger partial charge on any atom is -0.490 e. The van der Waals surface area contributed by atoms with Gasteiger partial charge < -0.3 is 14.0 Å². The largest absolute Gasteiger partial charge is 0.490 e. The van der Waals surface area contributed by atoms with Gasteiger partial charge in [-0.15, -0.1) is 0 Å². The van der Waals surface area contributed by atoms with Gasteiger partial charge in [0.2, 0.25) is 0 Å². The van der Waals surface area contributed by atoms with Gasteiger partial charge >= 0.3 is 0 Å². The molecule has 1 aliphatic rings. The van der Waals surface area contributed by atoms with Crippen LogP contribution >= 0.6 is 11.6 Å². The number of fused-ring (bicyclic) bond motifs is 3. The Bertz CT molecular complexity index is 1050. The van der Waals surface area contributed by atoms with Crippen LogP contribution in [-0.2, 0) is 19.6 Å². The van der Waals surface area contributed by atoms with E-state index in [1.807, 2.05) is 44.2 Å². The summed E-state index contributed by atoms with van der Waals surface area (Å²) in [5.74, 6) is 1.38. The second kappa shape index (κ2) is 7.17. The fourth-order valence-corrected chi connectivity index (χ4v) is 3.97. The SMILES string of the molecule is CC(C)Oc1ccc(COc2ccc3c(c2)c(Cl)c2n3CCC2)cc1C#N. The van der Waals surface area contributed by atoms with Crippen molar-refractivity contribution >= 4 is 22.5 Å². The standard InChI is InChI=1S/C22H21ClN2O2/c1-14(2)27-21-8-5-15(10-16(21)12-24)13-26-17-6-7-19-18(11-17)22(23)20-4-3-9-25(19)20/h5-8,10-11,14H,3-4,9,13H2,1-2H3.